The molecule has 0 saturated carbocycles. The third-order valence-electron chi connectivity index (χ3n) is 5.82. The monoisotopic (exact) mass is 619 g/mol. The van der Waals surface area contributed by atoms with Crippen molar-refractivity contribution in [1.82, 2.24) is 9.80 Å². The average Bonchev–Trinajstić information content (AvgIpc) is 3.25. The van der Waals surface area contributed by atoms with Crippen LogP contribution in [0, 0.1) is 0 Å². The zero-order chi connectivity index (χ0) is 26.0. The molecule has 0 amide bonds. The fourth-order valence-corrected chi connectivity index (χ4v) is 5.95. The second kappa shape index (κ2) is 13.8. The van der Waals surface area contributed by atoms with Gasteiger partial charge in [0.15, 0.2) is 5.17 Å². The number of ether oxygens (including phenoxy) is 3. The van der Waals surface area contributed by atoms with Gasteiger partial charge in [-0.3, -0.25) is 0 Å². The molecule has 0 N–H and O–H groups in total. The van der Waals surface area contributed by atoms with E-state index in [1.165, 1.54) is 11.8 Å². The number of nitrogens with zero attached hydrogens (tertiary/aromatic N) is 3. The molecular formula is C26H29Cl4N3O4S. The zero-order valence-electron chi connectivity index (χ0n) is 21.5. The fourth-order valence-electron chi connectivity index (χ4n) is 4.10. The standard InChI is InChI=1S/C26H27Cl2N3O4S.2ClH/c1-15-21(25(32)35-13-12-30(2)3)24(23-18(33-4)10-7-11-19(23)34-5)31-14-20(36-26(31)29-15)22-16(27)8-6-9-17(22)28;;/h6-11,14,24H,12-13H2,1-5H3;2*1H. The Kier molecular flexibility index (Phi) is 11.7. The zero-order valence-corrected chi connectivity index (χ0v) is 25.4. The maximum Gasteiger partial charge on any atom is 0.338 e. The summed E-state index contributed by atoms with van der Waals surface area (Å²) in [6.07, 6.45) is 1.91. The number of methoxy groups -OCH3 is 2. The number of allylic oxidation sites excluding steroid dienone is 1. The van der Waals surface area contributed by atoms with Gasteiger partial charge in [-0.1, -0.05) is 35.3 Å². The van der Waals surface area contributed by atoms with E-state index in [1.807, 2.05) is 55.2 Å². The lowest BCUT2D eigenvalue weighted by Crippen LogP contribution is -2.35. The van der Waals surface area contributed by atoms with Crippen molar-refractivity contribution in [3.8, 4) is 11.5 Å². The topological polar surface area (TPSA) is 63.6 Å². The van der Waals surface area contributed by atoms with Crippen LogP contribution in [0.3, 0.4) is 0 Å². The van der Waals surface area contributed by atoms with Crippen molar-refractivity contribution >= 4 is 75.8 Å². The molecule has 2 aromatic carbocycles. The summed E-state index contributed by atoms with van der Waals surface area (Å²) in [5.41, 5.74) is 2.36. The third-order valence-corrected chi connectivity index (χ3v) is 7.47. The van der Waals surface area contributed by atoms with Crippen molar-refractivity contribution in [3.63, 3.8) is 0 Å². The van der Waals surface area contributed by atoms with E-state index in [9.17, 15) is 4.79 Å². The van der Waals surface area contributed by atoms with Gasteiger partial charge >= 0.3 is 5.97 Å². The molecule has 12 heteroatoms. The first-order chi connectivity index (χ1) is 17.3. The van der Waals surface area contributed by atoms with Crippen LogP contribution in [-0.2, 0) is 9.53 Å². The number of carbonyl (C=O) groups is 1. The van der Waals surface area contributed by atoms with Gasteiger partial charge in [0.05, 0.1) is 41.1 Å². The number of likely N-dealkylation sites (N-methyl/N-ethyl adjacent to an activating group) is 1. The number of halogens is 4. The van der Waals surface area contributed by atoms with Crippen molar-refractivity contribution in [3.05, 3.63) is 75.0 Å². The average molecular weight is 621 g/mol. The lowest BCUT2D eigenvalue weighted by atomic mass is 9.93. The molecule has 4 rings (SSSR count). The lowest BCUT2D eigenvalue weighted by molar-refractivity contribution is -0.140. The summed E-state index contributed by atoms with van der Waals surface area (Å²) in [7, 11) is 7.02. The van der Waals surface area contributed by atoms with Gasteiger partial charge in [0.1, 0.15) is 24.1 Å². The molecule has 2 aromatic rings. The number of hydrogen-bond acceptors (Lipinski definition) is 8. The predicted molar refractivity (Wildman–Crippen MR) is 160 cm³/mol. The van der Waals surface area contributed by atoms with Gasteiger partial charge in [-0.25, -0.2) is 9.79 Å². The molecule has 2 aliphatic rings. The number of hydrogen-bond donors (Lipinski definition) is 0. The largest absolute Gasteiger partial charge is 0.496 e. The Morgan fingerprint density at radius 1 is 1.05 bits per heavy atom. The van der Waals surface area contributed by atoms with Gasteiger partial charge in [0.25, 0.3) is 0 Å². The molecule has 2 aliphatic heterocycles. The second-order valence-electron chi connectivity index (χ2n) is 8.41. The normalized spacial score (nSPS) is 16.2. The molecule has 0 spiro atoms. The number of benzene rings is 2. The third kappa shape index (κ3) is 6.38. The summed E-state index contributed by atoms with van der Waals surface area (Å²) in [6, 6.07) is 10.3. The predicted octanol–water partition coefficient (Wildman–Crippen LogP) is 6.69. The first-order valence-corrected chi connectivity index (χ1v) is 12.8. The van der Waals surface area contributed by atoms with Crippen LogP contribution in [-0.4, -0.2) is 62.4 Å². The van der Waals surface area contributed by atoms with Gasteiger partial charge in [0, 0.05) is 23.2 Å². The van der Waals surface area contributed by atoms with E-state index in [4.69, 9.17) is 42.4 Å². The van der Waals surface area contributed by atoms with Gasteiger partial charge in [-0.05, 0) is 57.0 Å². The molecule has 0 radical (unpaired) electrons. The van der Waals surface area contributed by atoms with Crippen LogP contribution in [0.4, 0.5) is 0 Å². The first kappa shape index (κ1) is 32.1. The van der Waals surface area contributed by atoms with Crippen LogP contribution >= 0.6 is 59.8 Å². The molecule has 0 aliphatic carbocycles. The summed E-state index contributed by atoms with van der Waals surface area (Å²) in [5, 5.41) is 1.74. The minimum Gasteiger partial charge on any atom is -0.496 e. The Hall–Kier alpha value is -2.07. The number of thioether (sulfide) groups is 1. The molecule has 0 bridgehead atoms. The van der Waals surface area contributed by atoms with Crippen LogP contribution in [0.1, 0.15) is 24.1 Å². The molecule has 38 heavy (non-hydrogen) atoms. The highest BCUT2D eigenvalue weighted by atomic mass is 35.5. The molecular weight excluding hydrogens is 592 g/mol. The summed E-state index contributed by atoms with van der Waals surface area (Å²) in [4.78, 5) is 22.9. The van der Waals surface area contributed by atoms with E-state index in [1.54, 1.807) is 32.4 Å². The van der Waals surface area contributed by atoms with E-state index in [2.05, 4.69) is 0 Å². The number of esters is 1. The number of aliphatic imine (C=N–C) groups is 1. The SMILES string of the molecule is COc1cccc(OC)c1C1C(C(=O)OCCN(C)C)=C(C)N=C2SC(c3c(Cl)cccc3Cl)=CN21.Cl.Cl. The Labute approximate surface area is 249 Å². The minimum atomic E-state index is -0.610. The smallest absolute Gasteiger partial charge is 0.338 e. The summed E-state index contributed by atoms with van der Waals surface area (Å²) in [5.74, 6) is 0.710. The summed E-state index contributed by atoms with van der Waals surface area (Å²) in [6.45, 7) is 2.66. The maximum atomic E-state index is 13.5. The van der Waals surface area contributed by atoms with E-state index in [-0.39, 0.29) is 31.4 Å². The molecule has 2 heterocycles. The van der Waals surface area contributed by atoms with Crippen molar-refractivity contribution in [1.29, 1.82) is 0 Å². The van der Waals surface area contributed by atoms with Crippen LogP contribution in [0.25, 0.3) is 4.91 Å². The fraction of sp³-hybridized carbons (Fsp3) is 0.308. The molecule has 206 valence electrons. The lowest BCUT2D eigenvalue weighted by Gasteiger charge is -2.34. The highest BCUT2D eigenvalue weighted by Crippen LogP contribution is 2.51. The van der Waals surface area contributed by atoms with E-state index >= 15 is 0 Å². The minimum absolute atomic E-state index is 0. The molecule has 0 saturated heterocycles. The van der Waals surface area contributed by atoms with Crippen LogP contribution in [0.5, 0.6) is 11.5 Å². The highest BCUT2D eigenvalue weighted by molar-refractivity contribution is 8.22. The maximum absolute atomic E-state index is 13.5. The van der Waals surface area contributed by atoms with Crippen LogP contribution < -0.4 is 9.47 Å². The van der Waals surface area contributed by atoms with Crippen molar-refractivity contribution < 1.29 is 19.0 Å². The van der Waals surface area contributed by atoms with E-state index < -0.39 is 12.0 Å². The van der Waals surface area contributed by atoms with Gasteiger partial charge in [0.2, 0.25) is 0 Å². The second-order valence-corrected chi connectivity index (χ2v) is 10.2. The molecule has 7 nitrogen and oxygen atoms in total. The quantitative estimate of drug-likeness (QED) is 0.305. The number of rotatable bonds is 8. The van der Waals surface area contributed by atoms with Crippen LogP contribution in [0.15, 0.2) is 58.9 Å². The van der Waals surface area contributed by atoms with Crippen molar-refractivity contribution in [2.24, 2.45) is 4.99 Å². The molecule has 1 atom stereocenters. The van der Waals surface area contributed by atoms with E-state index in [0.717, 1.165) is 4.91 Å². The molecule has 1 unspecified atom stereocenters. The Bertz CT molecular complexity index is 1240. The molecule has 0 aromatic heterocycles. The van der Waals surface area contributed by atoms with Crippen molar-refractivity contribution in [2.75, 3.05) is 41.5 Å². The van der Waals surface area contributed by atoms with Gasteiger partial charge in [-0.2, -0.15) is 0 Å². The summed E-state index contributed by atoms with van der Waals surface area (Å²) < 4.78 is 17.1. The first-order valence-electron chi connectivity index (χ1n) is 11.2. The summed E-state index contributed by atoms with van der Waals surface area (Å²) >= 11 is 14.5. The molecule has 0 fully saturated rings. The highest BCUT2D eigenvalue weighted by Gasteiger charge is 2.42. The van der Waals surface area contributed by atoms with Gasteiger partial charge < -0.3 is 24.0 Å². The Balaban J connectivity index is 0.00000253. The number of amidine groups is 1. The Morgan fingerprint density at radius 2 is 1.63 bits per heavy atom. The Morgan fingerprint density at radius 3 is 2.18 bits per heavy atom. The van der Waals surface area contributed by atoms with Gasteiger partial charge in [-0.15, -0.1) is 24.8 Å². The number of fused-ring (bicyclic) bond motifs is 1. The number of carbonyl (C=O) groups excluding carboxylic acids is 1. The van der Waals surface area contributed by atoms with E-state index in [0.29, 0.717) is 55.7 Å². The van der Waals surface area contributed by atoms with Crippen molar-refractivity contribution in [2.45, 2.75) is 13.0 Å². The van der Waals surface area contributed by atoms with Crippen LogP contribution in [0.2, 0.25) is 10.0 Å².